The molecule has 0 aromatic rings. The number of rotatable bonds is 1. The summed E-state index contributed by atoms with van der Waals surface area (Å²) in [5.41, 5.74) is 6.16. The first kappa shape index (κ1) is 4.88. The van der Waals surface area contributed by atoms with Gasteiger partial charge in [0.2, 0.25) is 6.41 Å². The van der Waals surface area contributed by atoms with E-state index in [0.717, 1.165) is 0 Å². The molecule has 0 fully saturated rings. The zero-order valence-electron chi connectivity index (χ0n) is 2.93. The lowest BCUT2D eigenvalue weighted by Crippen LogP contribution is -2.07. The van der Waals surface area contributed by atoms with Crippen molar-refractivity contribution in [1.82, 2.24) is 5.73 Å². The van der Waals surface area contributed by atoms with E-state index in [1.54, 1.807) is 0 Å². The lowest BCUT2D eigenvalue weighted by molar-refractivity contribution is -0.0738. The molecule has 1 unspecified atom stereocenters. The summed E-state index contributed by atoms with van der Waals surface area (Å²) in [5, 5.41) is 7.81. The van der Waals surface area contributed by atoms with E-state index < -0.39 is 6.41 Å². The third-order valence-electron chi connectivity index (χ3n) is 0.223. The molecule has 3 nitrogen and oxygen atoms in total. The normalized spacial score (nSPS) is 15.0. The Morgan fingerprint density at radius 1 is 2.00 bits per heavy atom. The van der Waals surface area contributed by atoms with Gasteiger partial charge in [-0.3, -0.25) is 0 Å². The smallest absolute Gasteiger partial charge is 0.226 e. The van der Waals surface area contributed by atoms with Gasteiger partial charge in [-0.2, -0.15) is 0 Å². The van der Waals surface area contributed by atoms with E-state index in [1.165, 1.54) is 7.11 Å². The molecule has 0 spiro atoms. The molecule has 31 valence electrons. The van der Waals surface area contributed by atoms with Crippen LogP contribution in [0.25, 0.3) is 0 Å². The molecule has 1 atom stereocenters. The van der Waals surface area contributed by atoms with Gasteiger partial charge in [-0.25, -0.2) is 5.73 Å². The molecule has 0 saturated carbocycles. The van der Waals surface area contributed by atoms with Gasteiger partial charge in [0, 0.05) is 7.11 Å². The largest absolute Gasteiger partial charge is 0.355 e. The molecule has 0 aliphatic heterocycles. The number of aliphatic hydroxyl groups is 1. The summed E-state index contributed by atoms with van der Waals surface area (Å²) in [7, 11) is 1.26. The van der Waals surface area contributed by atoms with Gasteiger partial charge in [-0.05, 0) is 0 Å². The molecular formula is C2H6NO2. The monoisotopic (exact) mass is 76.0 g/mol. The number of hydrogen-bond donors (Lipinski definition) is 1. The second kappa shape index (κ2) is 2.14. The highest BCUT2D eigenvalue weighted by Crippen LogP contribution is 1.64. The Kier molecular flexibility index (Phi) is 2.09. The molecule has 0 bridgehead atoms. The van der Waals surface area contributed by atoms with Crippen LogP contribution in [-0.4, -0.2) is 18.6 Å². The Morgan fingerprint density at radius 3 is 2.20 bits per heavy atom. The molecule has 0 saturated heterocycles. The summed E-state index contributed by atoms with van der Waals surface area (Å²) in [6.07, 6.45) is -1.37. The van der Waals surface area contributed by atoms with E-state index in [0.29, 0.717) is 0 Å². The van der Waals surface area contributed by atoms with Crippen LogP contribution in [0, 0.1) is 0 Å². The summed E-state index contributed by atoms with van der Waals surface area (Å²) in [5.74, 6) is 0. The van der Waals surface area contributed by atoms with Crippen molar-refractivity contribution in [1.29, 1.82) is 0 Å². The maximum absolute atomic E-state index is 7.81. The van der Waals surface area contributed by atoms with Crippen LogP contribution in [-0.2, 0) is 4.74 Å². The average molecular weight is 76.1 g/mol. The minimum atomic E-state index is -1.37. The molecule has 2 N–H and O–H groups in total. The molecule has 1 radical (unpaired) electrons. The number of methoxy groups -OCH3 is 1. The van der Waals surface area contributed by atoms with Crippen LogP contribution in [0.2, 0.25) is 0 Å². The topological polar surface area (TPSA) is 53.3 Å². The van der Waals surface area contributed by atoms with Gasteiger partial charge in [-0.15, -0.1) is 0 Å². The SMILES string of the molecule is COC([NH])O. The van der Waals surface area contributed by atoms with Crippen molar-refractivity contribution in [2.24, 2.45) is 0 Å². The van der Waals surface area contributed by atoms with Gasteiger partial charge in [0.25, 0.3) is 0 Å². The van der Waals surface area contributed by atoms with Crippen LogP contribution in [0.1, 0.15) is 0 Å². The van der Waals surface area contributed by atoms with Crippen LogP contribution in [0.4, 0.5) is 0 Å². The summed E-state index contributed by atoms with van der Waals surface area (Å²) in [4.78, 5) is 0. The highest BCUT2D eigenvalue weighted by Gasteiger charge is 1.81. The molecule has 0 amide bonds. The fraction of sp³-hybridized carbons (Fsp3) is 1.00. The van der Waals surface area contributed by atoms with Gasteiger partial charge in [0.15, 0.2) is 0 Å². The van der Waals surface area contributed by atoms with Crippen LogP contribution in [0.5, 0.6) is 0 Å². The van der Waals surface area contributed by atoms with E-state index in [4.69, 9.17) is 10.8 Å². The van der Waals surface area contributed by atoms with Crippen LogP contribution >= 0.6 is 0 Å². The van der Waals surface area contributed by atoms with Crippen LogP contribution in [0.15, 0.2) is 0 Å². The number of ether oxygens (including phenoxy) is 1. The molecule has 0 aliphatic carbocycles. The van der Waals surface area contributed by atoms with Gasteiger partial charge < -0.3 is 9.84 Å². The third-order valence-corrected chi connectivity index (χ3v) is 0.223. The van der Waals surface area contributed by atoms with Gasteiger partial charge in [-0.1, -0.05) is 0 Å². The highest BCUT2D eigenvalue weighted by molar-refractivity contribution is 4.03. The van der Waals surface area contributed by atoms with Crippen molar-refractivity contribution in [3.8, 4) is 0 Å². The Balaban J connectivity index is 2.54. The van der Waals surface area contributed by atoms with Crippen molar-refractivity contribution in [2.75, 3.05) is 7.11 Å². The molecule has 0 aromatic carbocycles. The Morgan fingerprint density at radius 2 is 2.20 bits per heavy atom. The summed E-state index contributed by atoms with van der Waals surface area (Å²) in [6.45, 7) is 0. The second-order valence-corrected chi connectivity index (χ2v) is 0.588. The van der Waals surface area contributed by atoms with Crippen molar-refractivity contribution in [2.45, 2.75) is 6.41 Å². The van der Waals surface area contributed by atoms with Crippen LogP contribution in [0.3, 0.4) is 0 Å². The lowest BCUT2D eigenvalue weighted by atomic mass is 11.2. The lowest BCUT2D eigenvalue weighted by Gasteiger charge is -1.92. The maximum Gasteiger partial charge on any atom is 0.226 e. The molecule has 0 aromatic heterocycles. The first-order chi connectivity index (χ1) is 2.27. The van der Waals surface area contributed by atoms with Crippen molar-refractivity contribution in [3.05, 3.63) is 0 Å². The highest BCUT2D eigenvalue weighted by atomic mass is 16.6. The first-order valence-corrected chi connectivity index (χ1v) is 1.19. The summed E-state index contributed by atoms with van der Waals surface area (Å²) < 4.78 is 3.97. The standard InChI is InChI=1S/C2H6NO2/c1-5-2(3)4/h2-4H,1H3. The number of nitrogens with one attached hydrogen (secondary N) is 1. The fourth-order valence-corrected chi connectivity index (χ4v) is 0. The molecule has 5 heavy (non-hydrogen) atoms. The summed E-state index contributed by atoms with van der Waals surface area (Å²) in [6, 6.07) is 0. The summed E-state index contributed by atoms with van der Waals surface area (Å²) >= 11 is 0. The van der Waals surface area contributed by atoms with E-state index in [1.807, 2.05) is 0 Å². The van der Waals surface area contributed by atoms with Crippen molar-refractivity contribution < 1.29 is 9.84 Å². The molecule has 0 aliphatic rings. The van der Waals surface area contributed by atoms with Crippen molar-refractivity contribution in [3.63, 3.8) is 0 Å². The predicted molar refractivity (Wildman–Crippen MR) is 16.1 cm³/mol. The fourth-order valence-electron chi connectivity index (χ4n) is 0. The third kappa shape index (κ3) is 3.88. The molecule has 0 heterocycles. The molecule has 0 rings (SSSR count). The second-order valence-electron chi connectivity index (χ2n) is 0.588. The minimum absolute atomic E-state index is 1.26. The maximum atomic E-state index is 7.81. The average Bonchev–Trinajstić information content (AvgIpc) is 1.38. The van der Waals surface area contributed by atoms with Gasteiger partial charge in [0.1, 0.15) is 0 Å². The van der Waals surface area contributed by atoms with E-state index >= 15 is 0 Å². The van der Waals surface area contributed by atoms with Gasteiger partial charge >= 0.3 is 0 Å². The minimum Gasteiger partial charge on any atom is -0.355 e. The van der Waals surface area contributed by atoms with E-state index in [9.17, 15) is 0 Å². The number of hydrogen-bond acceptors (Lipinski definition) is 2. The molecule has 3 heteroatoms. The van der Waals surface area contributed by atoms with E-state index in [2.05, 4.69) is 4.74 Å². The zero-order chi connectivity index (χ0) is 4.28. The predicted octanol–water partition coefficient (Wildman–Crippen LogP) is -0.808. The Bertz CT molecular complexity index is 21.6. The first-order valence-electron chi connectivity index (χ1n) is 1.19. The number of aliphatic hydroxyl groups excluding tert-OH is 1. The Labute approximate surface area is 30.4 Å². The van der Waals surface area contributed by atoms with Crippen molar-refractivity contribution >= 4 is 0 Å². The molecular weight excluding hydrogens is 70.0 g/mol. The Hall–Kier alpha value is -0.120. The van der Waals surface area contributed by atoms with Gasteiger partial charge in [0.05, 0.1) is 0 Å². The quantitative estimate of drug-likeness (QED) is 0.415. The van der Waals surface area contributed by atoms with E-state index in [-0.39, 0.29) is 0 Å². The van der Waals surface area contributed by atoms with Crippen LogP contribution < -0.4 is 5.73 Å². The zero-order valence-corrected chi connectivity index (χ0v) is 2.93.